The van der Waals surface area contributed by atoms with E-state index in [2.05, 4.69) is 32.7 Å². The zero-order chi connectivity index (χ0) is 27.4. The van der Waals surface area contributed by atoms with Crippen molar-refractivity contribution < 1.29 is 22.8 Å². The average Bonchev–Trinajstić information content (AvgIpc) is 2.96. The predicted molar refractivity (Wildman–Crippen MR) is 142 cm³/mol. The minimum atomic E-state index is -4.56. The average molecular weight is 531 g/mol. The highest BCUT2D eigenvalue weighted by Gasteiger charge is 2.31. The quantitative estimate of drug-likeness (QED) is 0.328. The van der Waals surface area contributed by atoms with Crippen LogP contribution in [0.3, 0.4) is 0 Å². The number of benzene rings is 3. The number of nitrogens with zero attached hydrogens (tertiary/aromatic N) is 2. The van der Waals surface area contributed by atoms with Gasteiger partial charge in [-0.05, 0) is 65.6 Å². The Morgan fingerprint density at radius 2 is 1.72 bits per heavy atom. The Morgan fingerprint density at radius 1 is 0.897 bits per heavy atom. The maximum atomic E-state index is 13.4. The molecule has 0 atom stereocenters. The van der Waals surface area contributed by atoms with Crippen molar-refractivity contribution in [2.24, 2.45) is 0 Å². The molecule has 6 nitrogen and oxygen atoms in total. The standard InChI is InChI=1S/C30H25F3N4O2/c31-30(32,33)24-9-3-8-22(15-24)28(38)36-25-10-11-27(37-14-12-21-6-1-2-7-23(21)19-37)26(16-25)29(39)35-18-20-5-4-13-34-17-20/h1-11,13,15-17H,12,14,18-19H2,(H,35,39)(H,36,38). The van der Waals surface area contributed by atoms with Crippen molar-refractivity contribution in [3.05, 3.63) is 125 Å². The summed E-state index contributed by atoms with van der Waals surface area (Å²) in [7, 11) is 0. The zero-order valence-electron chi connectivity index (χ0n) is 20.8. The van der Waals surface area contributed by atoms with Crippen molar-refractivity contribution in [2.45, 2.75) is 25.7 Å². The van der Waals surface area contributed by atoms with Crippen LogP contribution in [-0.4, -0.2) is 23.3 Å². The summed E-state index contributed by atoms with van der Waals surface area (Å²) in [6, 6.07) is 21.0. The van der Waals surface area contributed by atoms with Crippen LogP contribution in [0.5, 0.6) is 0 Å². The van der Waals surface area contributed by atoms with E-state index in [0.29, 0.717) is 30.0 Å². The fourth-order valence-corrected chi connectivity index (χ4v) is 4.59. The highest BCUT2D eigenvalue weighted by atomic mass is 19.4. The molecule has 1 aliphatic rings. The Balaban J connectivity index is 1.42. The van der Waals surface area contributed by atoms with Crippen molar-refractivity contribution in [1.82, 2.24) is 10.3 Å². The number of halogens is 3. The molecule has 2 amide bonds. The van der Waals surface area contributed by atoms with E-state index in [-0.39, 0.29) is 18.0 Å². The molecular formula is C30H25F3N4O2. The highest BCUT2D eigenvalue weighted by molar-refractivity contribution is 6.06. The lowest BCUT2D eigenvalue weighted by molar-refractivity contribution is -0.137. The second kappa shape index (κ2) is 11.0. The van der Waals surface area contributed by atoms with Gasteiger partial charge in [-0.3, -0.25) is 14.6 Å². The Bertz CT molecular complexity index is 1510. The lowest BCUT2D eigenvalue weighted by Crippen LogP contribution is -2.33. The summed E-state index contributed by atoms with van der Waals surface area (Å²) in [5.41, 5.74) is 3.56. The van der Waals surface area contributed by atoms with Gasteiger partial charge in [-0.2, -0.15) is 13.2 Å². The summed E-state index contributed by atoms with van der Waals surface area (Å²) < 4.78 is 39.4. The number of alkyl halides is 3. The van der Waals surface area contributed by atoms with Crippen LogP contribution in [-0.2, 0) is 25.7 Å². The van der Waals surface area contributed by atoms with Gasteiger partial charge in [-0.25, -0.2) is 0 Å². The SMILES string of the molecule is O=C(Nc1ccc(N2CCc3ccccc3C2)c(C(=O)NCc2cccnc2)c1)c1cccc(C(F)(F)F)c1. The first-order valence-electron chi connectivity index (χ1n) is 12.4. The van der Waals surface area contributed by atoms with Crippen molar-refractivity contribution >= 4 is 23.2 Å². The van der Waals surface area contributed by atoms with E-state index in [0.717, 1.165) is 24.1 Å². The number of pyridine rings is 1. The van der Waals surface area contributed by atoms with Crippen molar-refractivity contribution in [3.8, 4) is 0 Å². The third-order valence-electron chi connectivity index (χ3n) is 6.60. The summed E-state index contributed by atoms with van der Waals surface area (Å²) in [6.07, 6.45) is -0.436. The number of rotatable bonds is 6. The number of carbonyl (C=O) groups is 2. The number of anilines is 2. The molecule has 3 aromatic carbocycles. The van der Waals surface area contributed by atoms with Gasteiger partial charge >= 0.3 is 6.18 Å². The van der Waals surface area contributed by atoms with Crippen molar-refractivity contribution in [3.63, 3.8) is 0 Å². The van der Waals surface area contributed by atoms with Crippen LogP contribution < -0.4 is 15.5 Å². The molecule has 0 spiro atoms. The molecule has 0 saturated carbocycles. The molecule has 0 bridgehead atoms. The Labute approximate surface area is 223 Å². The number of aromatic nitrogens is 1. The molecule has 0 radical (unpaired) electrons. The van der Waals surface area contributed by atoms with Gasteiger partial charge < -0.3 is 15.5 Å². The number of hydrogen-bond donors (Lipinski definition) is 2. The van der Waals surface area contributed by atoms with E-state index in [1.807, 2.05) is 18.2 Å². The third kappa shape index (κ3) is 6.09. The van der Waals surface area contributed by atoms with Gasteiger partial charge in [0.05, 0.1) is 11.1 Å². The smallest absolute Gasteiger partial charge is 0.366 e. The molecule has 1 aromatic heterocycles. The fraction of sp³-hybridized carbons (Fsp3) is 0.167. The molecule has 39 heavy (non-hydrogen) atoms. The van der Waals surface area contributed by atoms with Crippen LogP contribution in [0.25, 0.3) is 0 Å². The highest BCUT2D eigenvalue weighted by Crippen LogP contribution is 2.31. The number of carbonyl (C=O) groups excluding carboxylic acids is 2. The number of amides is 2. The molecule has 2 heterocycles. The molecule has 9 heteroatoms. The number of hydrogen-bond acceptors (Lipinski definition) is 4. The molecule has 0 unspecified atom stereocenters. The van der Waals surface area contributed by atoms with Crippen LogP contribution in [0, 0.1) is 0 Å². The van der Waals surface area contributed by atoms with Crippen molar-refractivity contribution in [2.75, 3.05) is 16.8 Å². The van der Waals surface area contributed by atoms with Crippen molar-refractivity contribution in [1.29, 1.82) is 0 Å². The number of nitrogens with one attached hydrogen (secondary N) is 2. The predicted octanol–water partition coefficient (Wildman–Crippen LogP) is 5.85. The van der Waals surface area contributed by atoms with Crippen LogP contribution in [0.1, 0.15) is 43.0 Å². The first-order chi connectivity index (χ1) is 18.8. The number of fused-ring (bicyclic) bond motifs is 1. The molecule has 5 rings (SSSR count). The zero-order valence-corrected chi connectivity index (χ0v) is 20.8. The van der Waals surface area contributed by atoms with Gasteiger partial charge in [0.15, 0.2) is 0 Å². The lowest BCUT2D eigenvalue weighted by Gasteiger charge is -2.32. The van der Waals surface area contributed by atoms with Crippen LogP contribution in [0.2, 0.25) is 0 Å². The Hall–Kier alpha value is -4.66. The van der Waals surface area contributed by atoms with E-state index in [1.165, 1.54) is 23.3 Å². The molecule has 0 fully saturated rings. The minimum absolute atomic E-state index is 0.135. The molecule has 0 aliphatic carbocycles. The van der Waals surface area contributed by atoms with Gasteiger partial charge in [0.1, 0.15) is 0 Å². The summed E-state index contributed by atoms with van der Waals surface area (Å²) in [5.74, 6) is -1.05. The topological polar surface area (TPSA) is 74.3 Å². The largest absolute Gasteiger partial charge is 0.416 e. The van der Waals surface area contributed by atoms with Gasteiger partial charge in [-0.1, -0.05) is 36.4 Å². The van der Waals surface area contributed by atoms with Gasteiger partial charge in [0, 0.05) is 49.0 Å². The second-order valence-corrected chi connectivity index (χ2v) is 9.25. The molecular weight excluding hydrogens is 505 g/mol. The lowest BCUT2D eigenvalue weighted by atomic mass is 9.98. The third-order valence-corrected chi connectivity index (χ3v) is 6.60. The van der Waals surface area contributed by atoms with Crippen LogP contribution in [0.4, 0.5) is 24.5 Å². The van der Waals surface area contributed by atoms with E-state index in [9.17, 15) is 22.8 Å². The first-order valence-corrected chi connectivity index (χ1v) is 12.4. The van der Waals surface area contributed by atoms with E-state index in [4.69, 9.17) is 0 Å². The maximum Gasteiger partial charge on any atom is 0.416 e. The molecule has 0 saturated heterocycles. The van der Waals surface area contributed by atoms with Gasteiger partial charge in [-0.15, -0.1) is 0 Å². The van der Waals surface area contributed by atoms with E-state index >= 15 is 0 Å². The minimum Gasteiger partial charge on any atom is -0.366 e. The normalized spacial score (nSPS) is 12.9. The van der Waals surface area contributed by atoms with Gasteiger partial charge in [0.2, 0.25) is 0 Å². The molecule has 1 aliphatic heterocycles. The summed E-state index contributed by atoms with van der Waals surface area (Å²) in [5, 5.41) is 5.54. The maximum absolute atomic E-state index is 13.4. The molecule has 4 aromatic rings. The molecule has 198 valence electrons. The Kier molecular flexibility index (Phi) is 7.31. The van der Waals surface area contributed by atoms with Gasteiger partial charge in [0.25, 0.3) is 11.8 Å². The second-order valence-electron chi connectivity index (χ2n) is 9.25. The van der Waals surface area contributed by atoms with Crippen LogP contribution >= 0.6 is 0 Å². The summed E-state index contributed by atoms with van der Waals surface area (Å²) in [6.45, 7) is 1.58. The molecule has 2 N–H and O–H groups in total. The van der Waals surface area contributed by atoms with E-state index in [1.54, 1.807) is 36.7 Å². The monoisotopic (exact) mass is 530 g/mol. The van der Waals surface area contributed by atoms with E-state index < -0.39 is 17.6 Å². The fourth-order valence-electron chi connectivity index (χ4n) is 4.59. The summed E-state index contributed by atoms with van der Waals surface area (Å²) >= 11 is 0. The summed E-state index contributed by atoms with van der Waals surface area (Å²) in [4.78, 5) is 32.4. The first kappa shape index (κ1) is 26.0. The Morgan fingerprint density at radius 3 is 2.49 bits per heavy atom. The van der Waals surface area contributed by atoms with Crippen LogP contribution in [0.15, 0.2) is 91.3 Å².